The summed E-state index contributed by atoms with van der Waals surface area (Å²) in [6.45, 7) is 6.33. The zero-order chi connectivity index (χ0) is 12.2. The third-order valence-corrected chi connectivity index (χ3v) is 3.37. The van der Waals surface area contributed by atoms with Gasteiger partial charge in [-0.25, -0.2) is 4.98 Å². The van der Waals surface area contributed by atoms with Crippen LogP contribution in [0.3, 0.4) is 0 Å². The third kappa shape index (κ3) is 3.28. The molecular formula is C11H18N2O2S. The normalized spacial score (nSPS) is 13.5. The van der Waals surface area contributed by atoms with Crippen LogP contribution in [0, 0.1) is 5.41 Å². The van der Waals surface area contributed by atoms with Crippen LogP contribution in [0.5, 0.6) is 0 Å². The smallest absolute Gasteiger partial charge is 0.312 e. The van der Waals surface area contributed by atoms with Crippen LogP contribution in [0.1, 0.15) is 31.8 Å². The van der Waals surface area contributed by atoms with Gasteiger partial charge in [0, 0.05) is 18.1 Å². The van der Waals surface area contributed by atoms with Crippen LogP contribution in [0.25, 0.3) is 0 Å². The van der Waals surface area contributed by atoms with Crippen LogP contribution < -0.4 is 5.32 Å². The van der Waals surface area contributed by atoms with Gasteiger partial charge < -0.3 is 10.1 Å². The van der Waals surface area contributed by atoms with Gasteiger partial charge in [-0.2, -0.15) is 0 Å². The minimum Gasteiger partial charge on any atom is -0.469 e. The van der Waals surface area contributed by atoms with Gasteiger partial charge in [-0.15, -0.1) is 11.3 Å². The Morgan fingerprint density at radius 3 is 2.88 bits per heavy atom. The topological polar surface area (TPSA) is 51.2 Å². The molecular weight excluding hydrogens is 224 g/mol. The molecule has 90 valence electrons. The van der Waals surface area contributed by atoms with Gasteiger partial charge in [0.25, 0.3) is 0 Å². The number of hydrogen-bond donors (Lipinski definition) is 1. The first-order valence-electron chi connectivity index (χ1n) is 5.18. The number of aromatic nitrogens is 1. The average molecular weight is 242 g/mol. The molecule has 1 aromatic rings. The van der Waals surface area contributed by atoms with Crippen LogP contribution in [0.2, 0.25) is 0 Å². The second kappa shape index (κ2) is 5.41. The van der Waals surface area contributed by atoms with Crippen molar-refractivity contribution in [1.82, 2.24) is 10.3 Å². The Morgan fingerprint density at radius 2 is 2.38 bits per heavy atom. The Kier molecular flexibility index (Phi) is 4.44. The Hall–Kier alpha value is -0.940. The van der Waals surface area contributed by atoms with Gasteiger partial charge in [-0.05, 0) is 20.8 Å². The summed E-state index contributed by atoms with van der Waals surface area (Å²) in [5, 5.41) is 6.26. The van der Waals surface area contributed by atoms with Gasteiger partial charge in [0.05, 0.1) is 18.6 Å². The summed E-state index contributed by atoms with van der Waals surface area (Å²) in [7, 11) is 1.41. The second-order valence-electron chi connectivity index (χ2n) is 4.35. The van der Waals surface area contributed by atoms with Crippen LogP contribution >= 0.6 is 11.3 Å². The molecule has 1 atom stereocenters. The number of nitrogens with one attached hydrogen (secondary N) is 1. The Balaban J connectivity index is 2.48. The van der Waals surface area contributed by atoms with E-state index in [0.717, 1.165) is 5.01 Å². The van der Waals surface area contributed by atoms with Crippen LogP contribution in [-0.2, 0) is 9.53 Å². The van der Waals surface area contributed by atoms with Crippen molar-refractivity contribution in [3.63, 3.8) is 0 Å². The predicted molar refractivity (Wildman–Crippen MR) is 64.3 cm³/mol. The molecule has 5 heteroatoms. The minimum atomic E-state index is -0.514. The highest BCUT2D eigenvalue weighted by Crippen LogP contribution is 2.19. The fourth-order valence-electron chi connectivity index (χ4n) is 1.29. The molecule has 4 nitrogen and oxygen atoms in total. The quantitative estimate of drug-likeness (QED) is 0.802. The molecule has 0 bridgehead atoms. The van der Waals surface area contributed by atoms with Gasteiger partial charge in [0.1, 0.15) is 5.01 Å². The molecule has 0 aliphatic carbocycles. The van der Waals surface area contributed by atoms with Crippen molar-refractivity contribution < 1.29 is 9.53 Å². The van der Waals surface area contributed by atoms with E-state index in [0.29, 0.717) is 6.54 Å². The van der Waals surface area contributed by atoms with E-state index in [1.54, 1.807) is 17.5 Å². The van der Waals surface area contributed by atoms with E-state index in [-0.39, 0.29) is 12.0 Å². The molecule has 0 aromatic carbocycles. The molecule has 1 N–H and O–H groups in total. The molecule has 1 aromatic heterocycles. The lowest BCUT2D eigenvalue weighted by atomic mass is 9.93. The molecule has 1 heterocycles. The van der Waals surface area contributed by atoms with Crippen molar-refractivity contribution in [2.45, 2.75) is 26.8 Å². The van der Waals surface area contributed by atoms with Gasteiger partial charge >= 0.3 is 5.97 Å². The number of hydrogen-bond acceptors (Lipinski definition) is 5. The van der Waals surface area contributed by atoms with Gasteiger partial charge in [-0.3, -0.25) is 4.79 Å². The summed E-state index contributed by atoms with van der Waals surface area (Å²) in [5.74, 6) is -0.202. The zero-order valence-electron chi connectivity index (χ0n) is 10.1. The van der Waals surface area contributed by atoms with Crippen molar-refractivity contribution >= 4 is 17.3 Å². The molecule has 0 saturated heterocycles. The first-order chi connectivity index (χ1) is 7.47. The number of carbonyl (C=O) groups excluding carboxylic acids is 1. The molecule has 1 rings (SSSR count). The summed E-state index contributed by atoms with van der Waals surface area (Å²) in [6.07, 6.45) is 1.78. The second-order valence-corrected chi connectivity index (χ2v) is 5.27. The molecule has 0 saturated carbocycles. The van der Waals surface area contributed by atoms with Crippen molar-refractivity contribution in [2.75, 3.05) is 13.7 Å². The van der Waals surface area contributed by atoms with E-state index in [1.807, 2.05) is 26.2 Å². The SMILES string of the molecule is COC(=O)C(C)(C)CNC(C)c1nccs1. The zero-order valence-corrected chi connectivity index (χ0v) is 10.9. The van der Waals surface area contributed by atoms with Crippen molar-refractivity contribution in [3.05, 3.63) is 16.6 Å². The number of carbonyl (C=O) groups is 1. The van der Waals surface area contributed by atoms with Crippen LogP contribution in [0.4, 0.5) is 0 Å². The molecule has 0 fully saturated rings. The summed E-state index contributed by atoms with van der Waals surface area (Å²) < 4.78 is 4.75. The summed E-state index contributed by atoms with van der Waals surface area (Å²) in [6, 6.07) is 0.156. The summed E-state index contributed by atoms with van der Waals surface area (Å²) >= 11 is 1.61. The number of ether oxygens (including phenoxy) is 1. The minimum absolute atomic E-state index is 0.156. The van der Waals surface area contributed by atoms with Crippen molar-refractivity contribution in [1.29, 1.82) is 0 Å². The number of thiazole rings is 1. The average Bonchev–Trinajstić information content (AvgIpc) is 2.78. The van der Waals surface area contributed by atoms with Crippen molar-refractivity contribution in [2.24, 2.45) is 5.41 Å². The molecule has 0 aliphatic rings. The lowest BCUT2D eigenvalue weighted by Gasteiger charge is -2.23. The van der Waals surface area contributed by atoms with E-state index in [2.05, 4.69) is 10.3 Å². The van der Waals surface area contributed by atoms with Crippen molar-refractivity contribution in [3.8, 4) is 0 Å². The predicted octanol–water partition coefficient (Wildman–Crippen LogP) is 1.99. The first kappa shape index (κ1) is 13.1. The highest BCUT2D eigenvalue weighted by Gasteiger charge is 2.29. The number of methoxy groups -OCH3 is 1. The largest absolute Gasteiger partial charge is 0.469 e. The maximum atomic E-state index is 11.5. The molecule has 1 unspecified atom stereocenters. The Bertz CT molecular complexity index is 336. The lowest BCUT2D eigenvalue weighted by molar-refractivity contribution is -0.150. The summed E-state index contributed by atoms with van der Waals surface area (Å²) in [4.78, 5) is 15.7. The highest BCUT2D eigenvalue weighted by atomic mass is 32.1. The Labute approximate surface area is 100 Å². The van der Waals surface area contributed by atoms with E-state index < -0.39 is 5.41 Å². The Morgan fingerprint density at radius 1 is 1.69 bits per heavy atom. The van der Waals surface area contributed by atoms with Crippen LogP contribution in [0.15, 0.2) is 11.6 Å². The first-order valence-corrected chi connectivity index (χ1v) is 6.06. The number of nitrogens with zero attached hydrogens (tertiary/aromatic N) is 1. The molecule has 0 spiro atoms. The van der Waals surface area contributed by atoms with E-state index in [4.69, 9.17) is 4.74 Å². The molecule has 0 aliphatic heterocycles. The van der Waals surface area contributed by atoms with E-state index in [1.165, 1.54) is 7.11 Å². The maximum Gasteiger partial charge on any atom is 0.312 e. The van der Waals surface area contributed by atoms with Gasteiger partial charge in [-0.1, -0.05) is 0 Å². The van der Waals surface area contributed by atoms with Gasteiger partial charge in [0.15, 0.2) is 0 Å². The molecule has 0 amide bonds. The molecule has 0 radical (unpaired) electrons. The number of rotatable bonds is 5. The monoisotopic (exact) mass is 242 g/mol. The lowest BCUT2D eigenvalue weighted by Crippen LogP contribution is -2.37. The summed E-state index contributed by atoms with van der Waals surface area (Å²) in [5.41, 5.74) is -0.514. The maximum absolute atomic E-state index is 11.5. The standard InChI is InChI=1S/C11H18N2O2S/c1-8(9-12-5-6-16-9)13-7-11(2,3)10(14)15-4/h5-6,8,13H,7H2,1-4H3. The number of esters is 1. The van der Waals surface area contributed by atoms with E-state index in [9.17, 15) is 4.79 Å². The fraction of sp³-hybridized carbons (Fsp3) is 0.636. The highest BCUT2D eigenvalue weighted by molar-refractivity contribution is 7.09. The fourth-order valence-corrected chi connectivity index (χ4v) is 1.96. The van der Waals surface area contributed by atoms with E-state index >= 15 is 0 Å². The molecule has 16 heavy (non-hydrogen) atoms. The van der Waals surface area contributed by atoms with Crippen LogP contribution in [-0.4, -0.2) is 24.6 Å². The van der Waals surface area contributed by atoms with Gasteiger partial charge in [0.2, 0.25) is 0 Å². The third-order valence-electron chi connectivity index (χ3n) is 2.41.